The quantitative estimate of drug-likeness (QED) is 0.707. The molecule has 1 aromatic carbocycles. The largest absolute Gasteiger partial charge is 0.378 e. The zero-order chi connectivity index (χ0) is 10.0. The van der Waals surface area contributed by atoms with Crippen molar-refractivity contribution < 1.29 is 18.7 Å². The van der Waals surface area contributed by atoms with E-state index in [-0.39, 0.29) is 0 Å². The van der Waals surface area contributed by atoms with Gasteiger partial charge >= 0.3 is 0 Å². The van der Waals surface area contributed by atoms with Crippen LogP contribution in [-0.4, -0.2) is 11.0 Å². The minimum absolute atomic E-state index is 0.713. The maximum absolute atomic E-state index is 12.9. The number of carbonyl (C=O) groups is 1. The maximum Gasteiger partial charge on any atom is 0.251 e. The summed E-state index contributed by atoms with van der Waals surface area (Å²) in [5.41, 5.74) is 3.97. The molecular formula is C8H7F2NO2. The van der Waals surface area contributed by atoms with Gasteiger partial charge in [0.2, 0.25) is 0 Å². The molecule has 3 nitrogen and oxygen atoms in total. The number of aliphatic hydroxyl groups is 1. The normalized spacial score (nSPS) is 12.5. The van der Waals surface area contributed by atoms with Crippen molar-refractivity contribution >= 4 is 5.91 Å². The van der Waals surface area contributed by atoms with Gasteiger partial charge in [-0.15, -0.1) is 0 Å². The Morgan fingerprint density at radius 2 is 1.85 bits per heavy atom. The second-order valence-electron chi connectivity index (χ2n) is 2.44. The van der Waals surface area contributed by atoms with Gasteiger partial charge in [-0.1, -0.05) is 6.07 Å². The molecule has 0 saturated carbocycles. The summed E-state index contributed by atoms with van der Waals surface area (Å²) in [6.45, 7) is 0. The summed E-state index contributed by atoms with van der Waals surface area (Å²) < 4.78 is 25.7. The van der Waals surface area contributed by atoms with Gasteiger partial charge in [-0.2, -0.15) is 0 Å². The third-order valence-electron chi connectivity index (χ3n) is 1.54. The average Bonchev–Trinajstić information content (AvgIpc) is 2.03. The first kappa shape index (κ1) is 9.60. The summed E-state index contributed by atoms with van der Waals surface area (Å²) in [4.78, 5) is 10.4. The van der Waals surface area contributed by atoms with Crippen molar-refractivity contribution in [3.05, 3.63) is 35.4 Å². The van der Waals surface area contributed by atoms with Gasteiger partial charge in [0.1, 0.15) is 11.6 Å². The minimum atomic E-state index is -1.94. The van der Waals surface area contributed by atoms with Crippen molar-refractivity contribution in [3.63, 3.8) is 0 Å². The molecule has 0 saturated heterocycles. The van der Waals surface area contributed by atoms with Crippen LogP contribution in [0.2, 0.25) is 0 Å². The van der Waals surface area contributed by atoms with Crippen LogP contribution in [0.1, 0.15) is 11.7 Å². The molecule has 0 fully saturated rings. The van der Waals surface area contributed by atoms with E-state index in [0.717, 1.165) is 18.2 Å². The fourth-order valence-electron chi connectivity index (χ4n) is 0.914. The molecule has 0 aliphatic heterocycles. The molecule has 1 amide bonds. The molecule has 3 N–H and O–H groups in total. The van der Waals surface area contributed by atoms with Crippen LogP contribution in [0.5, 0.6) is 0 Å². The van der Waals surface area contributed by atoms with E-state index >= 15 is 0 Å². The lowest BCUT2D eigenvalue weighted by Crippen LogP contribution is -2.22. The smallest absolute Gasteiger partial charge is 0.251 e. The number of nitrogens with two attached hydrogens (primary N) is 1. The van der Waals surface area contributed by atoms with Crippen LogP contribution in [0.15, 0.2) is 18.2 Å². The molecule has 0 spiro atoms. The topological polar surface area (TPSA) is 63.3 Å². The van der Waals surface area contributed by atoms with Crippen molar-refractivity contribution in [2.75, 3.05) is 0 Å². The van der Waals surface area contributed by atoms with Crippen LogP contribution in [0.25, 0.3) is 0 Å². The standard InChI is InChI=1S/C8H7F2NO2/c9-4-2-1-3-5(10)6(4)7(12)8(11)13/h1-3,7,12H,(H2,11,13). The van der Waals surface area contributed by atoms with Crippen molar-refractivity contribution in [2.45, 2.75) is 6.10 Å². The zero-order valence-electron chi connectivity index (χ0n) is 6.50. The first-order chi connectivity index (χ1) is 6.04. The van der Waals surface area contributed by atoms with Crippen molar-refractivity contribution in [1.29, 1.82) is 0 Å². The summed E-state index contributed by atoms with van der Waals surface area (Å²) >= 11 is 0. The number of amides is 1. The predicted octanol–water partition coefficient (Wildman–Crippen LogP) is 0.484. The molecule has 0 aliphatic carbocycles. The van der Waals surface area contributed by atoms with Gasteiger partial charge in [0.25, 0.3) is 5.91 Å². The fourth-order valence-corrected chi connectivity index (χ4v) is 0.914. The van der Waals surface area contributed by atoms with E-state index in [1.807, 2.05) is 0 Å². The second kappa shape index (κ2) is 3.49. The molecule has 1 atom stereocenters. The van der Waals surface area contributed by atoms with E-state index in [0.29, 0.717) is 0 Å². The number of primary amides is 1. The van der Waals surface area contributed by atoms with Crippen LogP contribution < -0.4 is 5.73 Å². The first-order valence-corrected chi connectivity index (χ1v) is 3.45. The van der Waals surface area contributed by atoms with Gasteiger partial charge in [0.15, 0.2) is 6.10 Å². The third-order valence-corrected chi connectivity index (χ3v) is 1.54. The molecule has 13 heavy (non-hydrogen) atoms. The lowest BCUT2D eigenvalue weighted by Gasteiger charge is -2.08. The number of halogens is 2. The molecule has 0 radical (unpaired) electrons. The highest BCUT2D eigenvalue weighted by Crippen LogP contribution is 2.19. The number of benzene rings is 1. The van der Waals surface area contributed by atoms with E-state index < -0.39 is 29.2 Å². The molecule has 5 heteroatoms. The van der Waals surface area contributed by atoms with Crippen LogP contribution in [0, 0.1) is 11.6 Å². The third kappa shape index (κ3) is 1.81. The van der Waals surface area contributed by atoms with Crippen LogP contribution in [-0.2, 0) is 4.79 Å². The van der Waals surface area contributed by atoms with E-state index in [4.69, 9.17) is 5.11 Å². The number of rotatable bonds is 2. The SMILES string of the molecule is NC(=O)C(O)c1c(F)cccc1F. The van der Waals surface area contributed by atoms with Crippen molar-refractivity contribution in [1.82, 2.24) is 0 Å². The van der Waals surface area contributed by atoms with Gasteiger partial charge in [-0.05, 0) is 12.1 Å². The van der Waals surface area contributed by atoms with E-state index in [1.165, 1.54) is 0 Å². The first-order valence-electron chi connectivity index (χ1n) is 3.45. The lowest BCUT2D eigenvalue weighted by molar-refractivity contribution is -0.126. The molecule has 0 heterocycles. The highest BCUT2D eigenvalue weighted by atomic mass is 19.1. The molecule has 1 aromatic rings. The summed E-state index contributed by atoms with van der Waals surface area (Å²) in [7, 11) is 0. The minimum Gasteiger partial charge on any atom is -0.378 e. The van der Waals surface area contributed by atoms with E-state index in [9.17, 15) is 13.6 Å². The van der Waals surface area contributed by atoms with Crippen LogP contribution in [0.3, 0.4) is 0 Å². The Hall–Kier alpha value is -1.49. The van der Waals surface area contributed by atoms with Crippen molar-refractivity contribution in [2.24, 2.45) is 5.73 Å². The highest BCUT2D eigenvalue weighted by Gasteiger charge is 2.21. The Morgan fingerprint density at radius 1 is 1.38 bits per heavy atom. The average molecular weight is 187 g/mol. The van der Waals surface area contributed by atoms with Gasteiger partial charge in [0, 0.05) is 0 Å². The van der Waals surface area contributed by atoms with Gasteiger partial charge in [-0.25, -0.2) is 8.78 Å². The number of hydrogen-bond acceptors (Lipinski definition) is 2. The predicted molar refractivity (Wildman–Crippen MR) is 40.5 cm³/mol. The molecule has 1 rings (SSSR count). The molecule has 0 bridgehead atoms. The Bertz CT molecular complexity index is 321. The summed E-state index contributed by atoms with van der Waals surface area (Å²) in [5, 5.41) is 9.00. The summed E-state index contributed by atoms with van der Waals surface area (Å²) in [5.74, 6) is -3.18. The van der Waals surface area contributed by atoms with Crippen molar-refractivity contribution in [3.8, 4) is 0 Å². The number of carbonyl (C=O) groups excluding carboxylic acids is 1. The second-order valence-corrected chi connectivity index (χ2v) is 2.44. The monoisotopic (exact) mass is 187 g/mol. The molecule has 0 aromatic heterocycles. The molecule has 0 aliphatic rings. The fraction of sp³-hybridized carbons (Fsp3) is 0.125. The van der Waals surface area contributed by atoms with E-state index in [2.05, 4.69) is 5.73 Å². The van der Waals surface area contributed by atoms with Crippen LogP contribution in [0.4, 0.5) is 8.78 Å². The van der Waals surface area contributed by atoms with Crippen LogP contribution >= 0.6 is 0 Å². The Kier molecular flexibility index (Phi) is 2.57. The summed E-state index contributed by atoms with van der Waals surface area (Å²) in [6, 6.07) is 3.00. The Labute approximate surface area is 72.8 Å². The van der Waals surface area contributed by atoms with Gasteiger partial charge < -0.3 is 10.8 Å². The molecule has 1 unspecified atom stereocenters. The Balaban J connectivity index is 3.20. The van der Waals surface area contributed by atoms with Gasteiger partial charge in [0.05, 0.1) is 5.56 Å². The van der Waals surface area contributed by atoms with E-state index in [1.54, 1.807) is 0 Å². The zero-order valence-corrected chi connectivity index (χ0v) is 6.50. The molecular weight excluding hydrogens is 180 g/mol. The molecule has 70 valence electrons. The number of hydrogen-bond donors (Lipinski definition) is 2. The van der Waals surface area contributed by atoms with Gasteiger partial charge in [-0.3, -0.25) is 4.79 Å². The summed E-state index contributed by atoms with van der Waals surface area (Å²) in [6.07, 6.45) is -1.94. The Morgan fingerprint density at radius 3 is 2.23 bits per heavy atom. The lowest BCUT2D eigenvalue weighted by atomic mass is 10.1. The number of aliphatic hydroxyl groups excluding tert-OH is 1. The highest BCUT2D eigenvalue weighted by molar-refractivity contribution is 5.80. The maximum atomic E-state index is 12.9.